The average molecular weight is 521 g/mol. The molecule has 1 fully saturated rings. The van der Waals surface area contributed by atoms with Crippen molar-refractivity contribution in [2.24, 2.45) is 0 Å². The number of anilines is 1. The van der Waals surface area contributed by atoms with Crippen molar-refractivity contribution in [1.82, 2.24) is 24.7 Å². The Hall–Kier alpha value is -3.25. The highest BCUT2D eigenvalue weighted by Crippen LogP contribution is 2.33. The zero-order chi connectivity index (χ0) is 25.8. The summed E-state index contributed by atoms with van der Waals surface area (Å²) in [5.41, 5.74) is 1.37. The number of ether oxygens (including phenoxy) is 3. The molecule has 12 nitrogen and oxygen atoms in total. The molecule has 3 aromatic rings. The largest absolute Gasteiger partial charge is 0.455 e. The van der Waals surface area contributed by atoms with Crippen LogP contribution in [0, 0.1) is 0 Å². The quantitative estimate of drug-likeness (QED) is 0.310. The number of nitrogens with one attached hydrogen (secondary N) is 1. The molecule has 3 aromatic heterocycles. The van der Waals surface area contributed by atoms with E-state index >= 15 is 0 Å². The lowest BCUT2D eigenvalue weighted by Crippen LogP contribution is -2.35. The minimum atomic E-state index is -0.867. The topological polar surface area (TPSA) is 143 Å². The Kier molecular flexibility index (Phi) is 8.04. The van der Waals surface area contributed by atoms with E-state index in [2.05, 4.69) is 39.3 Å². The number of imidazole rings is 1. The van der Waals surface area contributed by atoms with Gasteiger partial charge in [-0.15, -0.1) is 0 Å². The van der Waals surface area contributed by atoms with Gasteiger partial charge in [0.2, 0.25) is 5.28 Å². The number of esters is 2. The molecule has 36 heavy (non-hydrogen) atoms. The summed E-state index contributed by atoms with van der Waals surface area (Å²) in [5, 5.41) is 7.37. The summed E-state index contributed by atoms with van der Waals surface area (Å²) in [6.45, 7) is 7.19. The molecule has 1 N–H and O–H groups in total. The van der Waals surface area contributed by atoms with Crippen molar-refractivity contribution in [2.75, 3.05) is 11.9 Å². The van der Waals surface area contributed by atoms with Gasteiger partial charge in [-0.05, 0) is 24.4 Å². The SMILES string of the molecule is CCc1cc([C@H]2OC[C@@H](OC(=O)Cn3cnc4c(NC(CC)CC)nc(Cl)nc43)[C@@H]2OC(C)=O)no1. The van der Waals surface area contributed by atoms with Crippen LogP contribution in [0.3, 0.4) is 0 Å². The maximum atomic E-state index is 12.9. The molecule has 4 heterocycles. The van der Waals surface area contributed by atoms with Crippen LogP contribution in [0.5, 0.6) is 0 Å². The first-order valence-corrected chi connectivity index (χ1v) is 12.3. The lowest BCUT2D eigenvalue weighted by Gasteiger charge is -2.21. The molecule has 0 radical (unpaired) electrons. The number of fused-ring (bicyclic) bond motifs is 1. The third-order valence-electron chi connectivity index (χ3n) is 5.97. The fraction of sp³-hybridized carbons (Fsp3) is 0.565. The van der Waals surface area contributed by atoms with Crippen LogP contribution in [0.15, 0.2) is 16.9 Å². The monoisotopic (exact) mass is 520 g/mol. The Labute approximate surface area is 212 Å². The molecular formula is C23H29ClN6O6. The lowest BCUT2D eigenvalue weighted by atomic mass is 10.1. The molecule has 3 atom stereocenters. The van der Waals surface area contributed by atoms with Crippen molar-refractivity contribution in [3.63, 3.8) is 0 Å². The second-order valence-corrected chi connectivity index (χ2v) is 8.81. The second kappa shape index (κ2) is 11.2. The fourth-order valence-electron chi connectivity index (χ4n) is 4.06. The van der Waals surface area contributed by atoms with Crippen molar-refractivity contribution in [3.8, 4) is 0 Å². The van der Waals surface area contributed by atoms with Gasteiger partial charge in [0.1, 0.15) is 24.1 Å². The van der Waals surface area contributed by atoms with Gasteiger partial charge in [-0.1, -0.05) is 25.9 Å². The molecule has 1 aliphatic rings. The smallest absolute Gasteiger partial charge is 0.326 e. The number of hydrogen-bond acceptors (Lipinski definition) is 11. The van der Waals surface area contributed by atoms with E-state index in [0.717, 1.165) is 12.8 Å². The summed E-state index contributed by atoms with van der Waals surface area (Å²) >= 11 is 6.15. The van der Waals surface area contributed by atoms with E-state index in [1.54, 1.807) is 6.07 Å². The summed E-state index contributed by atoms with van der Waals surface area (Å²) in [6.07, 6.45) is 1.52. The molecule has 0 saturated carbocycles. The van der Waals surface area contributed by atoms with Crippen molar-refractivity contribution in [3.05, 3.63) is 29.1 Å². The minimum absolute atomic E-state index is 0.0326. The number of rotatable bonds is 10. The zero-order valence-electron chi connectivity index (χ0n) is 20.6. The summed E-state index contributed by atoms with van der Waals surface area (Å²) in [7, 11) is 0. The van der Waals surface area contributed by atoms with E-state index in [4.69, 9.17) is 30.3 Å². The summed E-state index contributed by atoms with van der Waals surface area (Å²) in [6, 6.07) is 1.93. The van der Waals surface area contributed by atoms with E-state index < -0.39 is 30.3 Å². The van der Waals surface area contributed by atoms with Gasteiger partial charge in [-0.3, -0.25) is 9.59 Å². The maximum absolute atomic E-state index is 12.9. The van der Waals surface area contributed by atoms with Crippen LogP contribution in [-0.4, -0.2) is 61.5 Å². The third-order valence-corrected chi connectivity index (χ3v) is 6.14. The number of carbonyl (C=O) groups is 2. The van der Waals surface area contributed by atoms with Gasteiger partial charge in [-0.25, -0.2) is 4.98 Å². The standard InChI is InChI=1S/C23H29ClN6O6/c1-5-13(6-2)26-21-18-22(28-23(24)27-21)30(11-25-18)9-17(32)35-16-10-33-19(20(16)34-12(4)31)15-8-14(7-3)36-29-15/h8,11,13,16,19-20H,5-7,9-10H2,1-4H3,(H,26,27,28)/t16-,19-,20+/m1/s1. The van der Waals surface area contributed by atoms with Gasteiger partial charge in [0.25, 0.3) is 0 Å². The highest BCUT2D eigenvalue weighted by Gasteiger charge is 2.44. The van der Waals surface area contributed by atoms with E-state index in [1.807, 2.05) is 6.92 Å². The summed E-state index contributed by atoms with van der Waals surface area (Å²) in [4.78, 5) is 37.5. The van der Waals surface area contributed by atoms with Gasteiger partial charge >= 0.3 is 11.9 Å². The van der Waals surface area contributed by atoms with Crippen molar-refractivity contribution < 1.29 is 28.3 Å². The van der Waals surface area contributed by atoms with Crippen LogP contribution < -0.4 is 5.32 Å². The van der Waals surface area contributed by atoms with Crippen molar-refractivity contribution >= 4 is 40.5 Å². The number of aryl methyl sites for hydroxylation is 1. The molecule has 0 amide bonds. The summed E-state index contributed by atoms with van der Waals surface area (Å²) < 4.78 is 23.6. The van der Waals surface area contributed by atoms with Crippen LogP contribution in [0.4, 0.5) is 5.82 Å². The minimum Gasteiger partial charge on any atom is -0.455 e. The van der Waals surface area contributed by atoms with Gasteiger partial charge < -0.3 is 28.6 Å². The summed E-state index contributed by atoms with van der Waals surface area (Å²) in [5.74, 6) is 0.0627. The van der Waals surface area contributed by atoms with Gasteiger partial charge in [0.05, 0.1) is 12.9 Å². The molecule has 1 saturated heterocycles. The van der Waals surface area contributed by atoms with E-state index in [1.165, 1.54) is 17.8 Å². The molecule has 194 valence electrons. The Morgan fingerprint density at radius 1 is 1.25 bits per heavy atom. The fourth-order valence-corrected chi connectivity index (χ4v) is 4.23. The highest BCUT2D eigenvalue weighted by atomic mass is 35.5. The Morgan fingerprint density at radius 3 is 2.69 bits per heavy atom. The number of aromatic nitrogens is 5. The van der Waals surface area contributed by atoms with Gasteiger partial charge in [0.15, 0.2) is 29.2 Å². The van der Waals surface area contributed by atoms with Crippen LogP contribution in [0.25, 0.3) is 11.2 Å². The first kappa shape index (κ1) is 25.8. The zero-order valence-corrected chi connectivity index (χ0v) is 21.3. The van der Waals surface area contributed by atoms with Gasteiger partial charge in [-0.2, -0.15) is 9.97 Å². The Morgan fingerprint density at radius 2 is 2.03 bits per heavy atom. The van der Waals surface area contributed by atoms with Gasteiger partial charge in [0, 0.05) is 25.5 Å². The van der Waals surface area contributed by atoms with Crippen molar-refractivity contribution in [1.29, 1.82) is 0 Å². The highest BCUT2D eigenvalue weighted by molar-refractivity contribution is 6.28. The molecule has 0 spiro atoms. The number of hydrogen-bond donors (Lipinski definition) is 1. The second-order valence-electron chi connectivity index (χ2n) is 8.47. The molecule has 0 aromatic carbocycles. The van der Waals surface area contributed by atoms with Crippen LogP contribution >= 0.6 is 11.6 Å². The molecular weight excluding hydrogens is 492 g/mol. The van der Waals surface area contributed by atoms with E-state index in [-0.39, 0.29) is 24.5 Å². The van der Waals surface area contributed by atoms with E-state index in [0.29, 0.717) is 34.9 Å². The predicted molar refractivity (Wildman–Crippen MR) is 128 cm³/mol. The number of carbonyl (C=O) groups excluding carboxylic acids is 2. The predicted octanol–water partition coefficient (Wildman–Crippen LogP) is 3.25. The molecule has 1 aliphatic heterocycles. The normalized spacial score (nSPS) is 19.7. The van der Waals surface area contributed by atoms with Crippen LogP contribution in [0.2, 0.25) is 5.28 Å². The number of halogens is 1. The van der Waals surface area contributed by atoms with Crippen LogP contribution in [-0.2, 0) is 36.8 Å². The first-order valence-electron chi connectivity index (χ1n) is 11.9. The Balaban J connectivity index is 1.50. The maximum Gasteiger partial charge on any atom is 0.326 e. The van der Waals surface area contributed by atoms with Crippen molar-refractivity contribution in [2.45, 2.75) is 77.9 Å². The molecule has 13 heteroatoms. The molecule has 0 unspecified atom stereocenters. The molecule has 0 aliphatic carbocycles. The first-order chi connectivity index (χ1) is 17.3. The van der Waals surface area contributed by atoms with E-state index in [9.17, 15) is 9.59 Å². The third kappa shape index (κ3) is 5.59. The van der Waals surface area contributed by atoms with Crippen LogP contribution in [0.1, 0.15) is 58.1 Å². The lowest BCUT2D eigenvalue weighted by molar-refractivity contribution is -0.164. The molecule has 4 rings (SSSR count). The average Bonchev–Trinajstić information content (AvgIpc) is 3.57. The molecule has 0 bridgehead atoms. The number of nitrogens with zero attached hydrogens (tertiary/aromatic N) is 5. The Bertz CT molecular complexity index is 1230.